The number of thiocyanates is 1. The Hall–Kier alpha value is -0.200. The van der Waals surface area contributed by atoms with Gasteiger partial charge in [0.15, 0.2) is 0 Å². The highest BCUT2D eigenvalue weighted by molar-refractivity contribution is 7.85. The van der Waals surface area contributed by atoms with Gasteiger partial charge >= 0.3 is 0 Å². The lowest BCUT2D eigenvalue weighted by molar-refractivity contribution is 0.520. The van der Waals surface area contributed by atoms with Gasteiger partial charge in [0, 0.05) is 6.04 Å². The second kappa shape index (κ2) is 8.80. The van der Waals surface area contributed by atoms with E-state index in [0.29, 0.717) is 6.04 Å². The van der Waals surface area contributed by atoms with E-state index in [2.05, 4.69) is 26.5 Å². The quantitative estimate of drug-likeness (QED) is 0.478. The molecule has 1 atom stereocenters. The molecule has 0 bridgehead atoms. The van der Waals surface area contributed by atoms with E-state index in [1.807, 2.05) is 6.92 Å². The van der Waals surface area contributed by atoms with Gasteiger partial charge in [-0.05, 0) is 19.3 Å². The topological polar surface area (TPSA) is 49.8 Å². The summed E-state index contributed by atoms with van der Waals surface area (Å²) in [5.74, 6) is 0.750. The minimum absolute atomic E-state index is 0.375. The standard InChI is InChI=1S/C6H15N.CHNS/c1-5(2)4-6(3)7;2-1-3/h5-6H,4,7H2,1-3H3;3H. The smallest absolute Gasteiger partial charge is 0.130 e. The van der Waals surface area contributed by atoms with E-state index in [-0.39, 0.29) is 0 Å². The predicted molar refractivity (Wildman–Crippen MR) is 47.7 cm³/mol. The first kappa shape index (κ1) is 12.5. The first-order valence-corrected chi connectivity index (χ1v) is 3.78. The van der Waals surface area contributed by atoms with Gasteiger partial charge in [0.05, 0.1) is 0 Å². The normalized spacial score (nSPS) is 11.3. The number of nitriles is 1. The summed E-state index contributed by atoms with van der Waals surface area (Å²) >= 11 is 3.09. The highest BCUT2D eigenvalue weighted by Crippen LogP contribution is 2.00. The summed E-state index contributed by atoms with van der Waals surface area (Å²) in [6.07, 6.45) is 1.14. The van der Waals surface area contributed by atoms with Crippen molar-refractivity contribution in [3.63, 3.8) is 0 Å². The molecule has 10 heavy (non-hydrogen) atoms. The molecule has 1 unspecified atom stereocenters. The van der Waals surface area contributed by atoms with E-state index in [9.17, 15) is 0 Å². The fraction of sp³-hybridized carbons (Fsp3) is 0.857. The van der Waals surface area contributed by atoms with Crippen LogP contribution in [0.3, 0.4) is 0 Å². The summed E-state index contributed by atoms with van der Waals surface area (Å²) < 4.78 is 0. The third-order valence-corrected chi connectivity index (χ3v) is 0.843. The molecule has 0 aromatic carbocycles. The van der Waals surface area contributed by atoms with Crippen LogP contribution in [0.2, 0.25) is 0 Å². The van der Waals surface area contributed by atoms with Gasteiger partial charge in [0.1, 0.15) is 5.40 Å². The minimum atomic E-state index is 0.375. The number of nitrogens with two attached hydrogens (primary N) is 1. The molecule has 0 aromatic rings. The molecule has 0 saturated carbocycles. The summed E-state index contributed by atoms with van der Waals surface area (Å²) in [5.41, 5.74) is 5.49. The molecule has 0 aromatic heterocycles. The van der Waals surface area contributed by atoms with Crippen molar-refractivity contribution in [1.29, 1.82) is 5.26 Å². The van der Waals surface area contributed by atoms with Crippen LogP contribution in [0.1, 0.15) is 27.2 Å². The second-order valence-electron chi connectivity index (χ2n) is 2.71. The van der Waals surface area contributed by atoms with Crippen LogP contribution in [0.25, 0.3) is 0 Å². The Balaban J connectivity index is 0. The highest BCUT2D eigenvalue weighted by Gasteiger charge is 1.95. The largest absolute Gasteiger partial charge is 0.328 e. The molecule has 0 amide bonds. The Labute approximate surface area is 68.8 Å². The fourth-order valence-corrected chi connectivity index (χ4v) is 0.744. The number of thiol groups is 1. The van der Waals surface area contributed by atoms with Crippen molar-refractivity contribution >= 4 is 12.6 Å². The van der Waals surface area contributed by atoms with Gasteiger partial charge in [-0.15, -0.1) is 0 Å². The van der Waals surface area contributed by atoms with Gasteiger partial charge in [-0.2, -0.15) is 5.26 Å². The molecule has 60 valence electrons. The lowest BCUT2D eigenvalue weighted by atomic mass is 10.1. The van der Waals surface area contributed by atoms with Crippen molar-refractivity contribution in [3.05, 3.63) is 0 Å². The first-order valence-electron chi connectivity index (χ1n) is 3.33. The Bertz CT molecular complexity index is 88.3. The summed E-state index contributed by atoms with van der Waals surface area (Å²) in [4.78, 5) is 0. The Kier molecular flexibility index (Phi) is 11.0. The number of hydrogen-bond donors (Lipinski definition) is 2. The zero-order valence-corrected chi connectivity index (χ0v) is 7.73. The molecule has 3 heteroatoms. The van der Waals surface area contributed by atoms with Crippen LogP contribution in [-0.2, 0) is 0 Å². The van der Waals surface area contributed by atoms with Crippen molar-refractivity contribution in [2.75, 3.05) is 0 Å². The van der Waals surface area contributed by atoms with Crippen molar-refractivity contribution in [2.45, 2.75) is 33.2 Å². The van der Waals surface area contributed by atoms with Crippen LogP contribution in [0.5, 0.6) is 0 Å². The third-order valence-electron chi connectivity index (χ3n) is 0.843. The zero-order chi connectivity index (χ0) is 8.57. The van der Waals surface area contributed by atoms with E-state index in [1.54, 1.807) is 0 Å². The van der Waals surface area contributed by atoms with Gasteiger partial charge in [0.2, 0.25) is 0 Å². The van der Waals surface area contributed by atoms with E-state index < -0.39 is 0 Å². The van der Waals surface area contributed by atoms with E-state index in [1.165, 1.54) is 5.40 Å². The van der Waals surface area contributed by atoms with Gasteiger partial charge in [0.25, 0.3) is 0 Å². The lowest BCUT2D eigenvalue weighted by Gasteiger charge is -2.05. The molecule has 0 aliphatic rings. The summed E-state index contributed by atoms with van der Waals surface area (Å²) in [6, 6.07) is 0.375. The molecule has 2 N–H and O–H groups in total. The summed E-state index contributed by atoms with van der Waals surface area (Å²) in [7, 11) is 0. The lowest BCUT2D eigenvalue weighted by Crippen LogP contribution is -2.16. The maximum absolute atomic E-state index is 7.18. The maximum atomic E-state index is 7.18. The number of rotatable bonds is 2. The molecule has 0 saturated heterocycles. The Morgan fingerprint density at radius 1 is 1.50 bits per heavy atom. The van der Waals surface area contributed by atoms with Crippen molar-refractivity contribution < 1.29 is 0 Å². The van der Waals surface area contributed by atoms with Crippen LogP contribution in [0.4, 0.5) is 0 Å². The van der Waals surface area contributed by atoms with Crippen molar-refractivity contribution in [1.82, 2.24) is 0 Å². The van der Waals surface area contributed by atoms with Crippen LogP contribution in [0, 0.1) is 16.6 Å². The molecule has 0 fully saturated rings. The summed E-state index contributed by atoms with van der Waals surface area (Å²) in [5, 5.41) is 8.63. The second-order valence-corrected chi connectivity index (χ2v) is 2.91. The van der Waals surface area contributed by atoms with Crippen molar-refractivity contribution in [3.8, 4) is 5.40 Å². The van der Waals surface area contributed by atoms with Crippen molar-refractivity contribution in [2.24, 2.45) is 11.7 Å². The van der Waals surface area contributed by atoms with Crippen LogP contribution in [0.15, 0.2) is 0 Å². The Morgan fingerprint density at radius 3 is 1.80 bits per heavy atom. The third kappa shape index (κ3) is 25.0. The molecular formula is C7H16N2S. The molecule has 2 nitrogen and oxygen atoms in total. The number of nitrogens with zero attached hydrogens (tertiary/aromatic N) is 1. The predicted octanol–water partition coefficient (Wildman–Crippen LogP) is 1.78. The molecule has 0 spiro atoms. The SMILES string of the molecule is CC(C)CC(C)N.N#CS. The van der Waals surface area contributed by atoms with Gasteiger partial charge in [-0.25, -0.2) is 0 Å². The molecule has 0 radical (unpaired) electrons. The van der Waals surface area contributed by atoms with E-state index >= 15 is 0 Å². The van der Waals surface area contributed by atoms with E-state index in [0.717, 1.165) is 12.3 Å². The fourth-order valence-electron chi connectivity index (χ4n) is 0.744. The molecule has 0 aliphatic heterocycles. The molecule has 0 aliphatic carbocycles. The first-order chi connectivity index (χ1) is 4.54. The molecular weight excluding hydrogens is 144 g/mol. The molecule has 0 rings (SSSR count). The Morgan fingerprint density at radius 2 is 1.80 bits per heavy atom. The molecule has 0 heterocycles. The monoisotopic (exact) mass is 160 g/mol. The van der Waals surface area contributed by atoms with Gasteiger partial charge in [-0.3, -0.25) is 0 Å². The summed E-state index contributed by atoms with van der Waals surface area (Å²) in [6.45, 7) is 6.41. The van der Waals surface area contributed by atoms with Crippen LogP contribution < -0.4 is 5.73 Å². The van der Waals surface area contributed by atoms with Crippen LogP contribution >= 0.6 is 12.6 Å². The van der Waals surface area contributed by atoms with Gasteiger partial charge in [-0.1, -0.05) is 26.5 Å². The van der Waals surface area contributed by atoms with Crippen LogP contribution in [-0.4, -0.2) is 6.04 Å². The minimum Gasteiger partial charge on any atom is -0.328 e. The number of hydrogen-bond acceptors (Lipinski definition) is 3. The average Bonchev–Trinajstić information content (AvgIpc) is 1.62. The van der Waals surface area contributed by atoms with Gasteiger partial charge < -0.3 is 5.73 Å². The zero-order valence-electron chi connectivity index (χ0n) is 6.83. The maximum Gasteiger partial charge on any atom is 0.130 e. The highest BCUT2D eigenvalue weighted by atomic mass is 32.1. The average molecular weight is 160 g/mol. The van der Waals surface area contributed by atoms with E-state index in [4.69, 9.17) is 11.0 Å².